The Morgan fingerprint density at radius 1 is 0.946 bits per heavy atom. The summed E-state index contributed by atoms with van der Waals surface area (Å²) in [6.07, 6.45) is 3.83. The number of anilines is 1. The number of carbonyl (C=O) groups is 2. The average Bonchev–Trinajstić information content (AvgIpc) is 2.89. The van der Waals surface area contributed by atoms with Crippen LogP contribution in [-0.2, 0) is 29.1 Å². The Morgan fingerprint density at radius 3 is 2.65 bits per heavy atom. The van der Waals surface area contributed by atoms with Crippen LogP contribution in [0.1, 0.15) is 42.4 Å². The molecule has 3 aromatic carbocycles. The molecule has 0 unspecified atom stereocenters. The van der Waals surface area contributed by atoms with Crippen molar-refractivity contribution in [3.8, 4) is 5.75 Å². The highest BCUT2D eigenvalue weighted by Crippen LogP contribution is 2.25. The molecule has 194 valence electrons. The smallest absolute Gasteiger partial charge is 0.234 e. The topological polar surface area (TPSA) is 70.7 Å². The monoisotopic (exact) mass is 519 g/mol. The number of benzene rings is 3. The number of hydrogen-bond acceptors (Lipinski definition) is 4. The van der Waals surface area contributed by atoms with Crippen molar-refractivity contribution in [2.75, 3.05) is 25.0 Å². The fraction of sp³-hybridized carbons (Fsp3) is 0.333. The maximum absolute atomic E-state index is 12.7. The molecule has 2 N–H and O–H groups in total. The maximum Gasteiger partial charge on any atom is 0.234 e. The fourth-order valence-corrected chi connectivity index (χ4v) is 4.61. The highest BCUT2D eigenvalue weighted by Gasteiger charge is 2.16. The van der Waals surface area contributed by atoms with Gasteiger partial charge in [0.25, 0.3) is 0 Å². The lowest BCUT2D eigenvalue weighted by molar-refractivity contribution is -0.122. The Balaban J connectivity index is 1.49. The number of rotatable bonds is 6. The molecule has 0 aliphatic carbocycles. The summed E-state index contributed by atoms with van der Waals surface area (Å²) < 4.78 is 6.17. The average molecular weight is 520 g/mol. The molecule has 0 radical (unpaired) electrons. The second-order valence-corrected chi connectivity index (χ2v) is 9.83. The summed E-state index contributed by atoms with van der Waals surface area (Å²) in [6.45, 7) is 2.86. The van der Waals surface area contributed by atoms with Gasteiger partial charge in [0.2, 0.25) is 11.8 Å². The number of carbonyl (C=O) groups excluding carboxylic acids is 2. The number of nitrogens with zero attached hydrogens (tertiary/aromatic N) is 1. The number of halogens is 1. The largest absolute Gasteiger partial charge is 0.493 e. The van der Waals surface area contributed by atoms with Gasteiger partial charge in [-0.2, -0.15) is 0 Å². The van der Waals surface area contributed by atoms with E-state index in [9.17, 15) is 9.59 Å². The molecule has 0 fully saturated rings. The van der Waals surface area contributed by atoms with Gasteiger partial charge in [-0.1, -0.05) is 60.1 Å². The number of nitrogens with one attached hydrogen (secondary N) is 2. The number of amides is 2. The Bertz CT molecular complexity index is 1190. The van der Waals surface area contributed by atoms with Crippen LogP contribution in [0.15, 0.2) is 72.8 Å². The Kier molecular flexibility index (Phi) is 9.97. The van der Waals surface area contributed by atoms with E-state index in [1.807, 2.05) is 42.5 Å². The van der Waals surface area contributed by atoms with Gasteiger partial charge >= 0.3 is 0 Å². The molecular weight excluding hydrogens is 486 g/mol. The maximum atomic E-state index is 12.7. The van der Waals surface area contributed by atoms with Gasteiger partial charge in [0, 0.05) is 42.3 Å². The highest BCUT2D eigenvalue weighted by molar-refractivity contribution is 6.30. The van der Waals surface area contributed by atoms with Crippen LogP contribution in [0.2, 0.25) is 5.02 Å². The third-order valence-electron chi connectivity index (χ3n) is 6.29. The minimum atomic E-state index is -0.0649. The first-order valence-corrected chi connectivity index (χ1v) is 13.3. The van der Waals surface area contributed by atoms with Crippen LogP contribution in [0.5, 0.6) is 5.75 Å². The van der Waals surface area contributed by atoms with Crippen molar-refractivity contribution < 1.29 is 14.3 Å². The lowest BCUT2D eigenvalue weighted by Crippen LogP contribution is -2.37. The fourth-order valence-electron chi connectivity index (χ4n) is 4.42. The van der Waals surface area contributed by atoms with Crippen LogP contribution in [0.4, 0.5) is 5.69 Å². The number of ether oxygens (including phenoxy) is 1. The van der Waals surface area contributed by atoms with Crippen molar-refractivity contribution in [1.82, 2.24) is 10.2 Å². The minimum Gasteiger partial charge on any atom is -0.493 e. The predicted octanol–water partition coefficient (Wildman–Crippen LogP) is 5.59. The first kappa shape index (κ1) is 26.7. The molecule has 1 aliphatic rings. The van der Waals surface area contributed by atoms with Gasteiger partial charge in [0.15, 0.2) is 0 Å². The van der Waals surface area contributed by atoms with E-state index in [1.54, 1.807) is 12.1 Å². The Hall–Kier alpha value is -3.35. The summed E-state index contributed by atoms with van der Waals surface area (Å²) >= 11 is 6.02. The second kappa shape index (κ2) is 13.8. The Labute approximate surface area is 224 Å². The van der Waals surface area contributed by atoms with Gasteiger partial charge in [-0.15, -0.1) is 0 Å². The SMILES string of the molecule is O=C1CN(Cc2ccccc2)Cc2cc(CCC(=O)Nc3cccc(Cl)c3)ccc2OCCCCCN1. The molecule has 0 bridgehead atoms. The lowest BCUT2D eigenvalue weighted by Gasteiger charge is -2.24. The third-order valence-corrected chi connectivity index (χ3v) is 6.52. The van der Waals surface area contributed by atoms with Gasteiger partial charge in [-0.05, 0) is 61.1 Å². The molecule has 37 heavy (non-hydrogen) atoms. The van der Waals surface area contributed by atoms with Crippen molar-refractivity contribution in [2.24, 2.45) is 0 Å². The Morgan fingerprint density at radius 2 is 1.81 bits per heavy atom. The van der Waals surface area contributed by atoms with E-state index in [4.69, 9.17) is 16.3 Å². The number of fused-ring (bicyclic) bond motifs is 1. The van der Waals surface area contributed by atoms with Crippen molar-refractivity contribution in [2.45, 2.75) is 45.2 Å². The molecule has 6 nitrogen and oxygen atoms in total. The van der Waals surface area contributed by atoms with E-state index < -0.39 is 0 Å². The first-order chi connectivity index (χ1) is 18.0. The highest BCUT2D eigenvalue weighted by atomic mass is 35.5. The quantitative estimate of drug-likeness (QED) is 0.445. The van der Waals surface area contributed by atoms with Crippen LogP contribution < -0.4 is 15.4 Å². The predicted molar refractivity (Wildman–Crippen MR) is 148 cm³/mol. The second-order valence-electron chi connectivity index (χ2n) is 9.39. The van der Waals surface area contributed by atoms with Crippen molar-refractivity contribution in [3.05, 3.63) is 94.5 Å². The molecule has 3 aromatic rings. The standard InChI is InChI=1S/C30H34ClN3O3/c31-26-10-7-11-27(19-26)33-29(35)15-13-23-12-14-28-25(18-23)21-34(20-24-8-3-1-4-9-24)22-30(36)32-16-5-2-6-17-37-28/h1,3-4,7-12,14,18-19H,2,5-6,13,15-17,20-22H2,(H,32,36)(H,33,35). The van der Waals surface area contributed by atoms with Crippen LogP contribution in [-0.4, -0.2) is 36.4 Å². The van der Waals surface area contributed by atoms with Gasteiger partial charge < -0.3 is 15.4 Å². The molecule has 0 saturated heterocycles. The molecule has 2 amide bonds. The summed E-state index contributed by atoms with van der Waals surface area (Å²) in [5.41, 5.74) is 3.91. The summed E-state index contributed by atoms with van der Waals surface area (Å²) in [6, 6.07) is 23.4. The van der Waals surface area contributed by atoms with Crippen LogP contribution in [0, 0.1) is 0 Å². The molecule has 0 aromatic heterocycles. The molecule has 7 heteroatoms. The molecule has 4 rings (SSSR count). The summed E-state index contributed by atoms with van der Waals surface area (Å²) in [4.78, 5) is 27.3. The zero-order valence-electron chi connectivity index (χ0n) is 21.0. The number of hydrogen-bond donors (Lipinski definition) is 2. The van der Waals surface area contributed by atoms with E-state index in [0.29, 0.717) is 56.3 Å². The normalized spacial score (nSPS) is 15.2. The van der Waals surface area contributed by atoms with Crippen molar-refractivity contribution >= 4 is 29.1 Å². The van der Waals surface area contributed by atoms with Crippen LogP contribution in [0.25, 0.3) is 0 Å². The van der Waals surface area contributed by atoms with Crippen molar-refractivity contribution in [3.63, 3.8) is 0 Å². The minimum absolute atomic E-state index is 0.0338. The van der Waals surface area contributed by atoms with Gasteiger partial charge in [0.1, 0.15) is 5.75 Å². The van der Waals surface area contributed by atoms with Gasteiger partial charge in [0.05, 0.1) is 13.2 Å². The zero-order valence-corrected chi connectivity index (χ0v) is 21.8. The van der Waals surface area contributed by atoms with E-state index in [0.717, 1.165) is 41.7 Å². The van der Waals surface area contributed by atoms with Crippen molar-refractivity contribution in [1.29, 1.82) is 0 Å². The first-order valence-electron chi connectivity index (χ1n) is 12.9. The molecule has 1 heterocycles. The molecule has 0 atom stereocenters. The summed E-state index contributed by atoms with van der Waals surface area (Å²) in [7, 11) is 0. The van der Waals surface area contributed by atoms with E-state index >= 15 is 0 Å². The molecule has 1 aliphatic heterocycles. The third kappa shape index (κ3) is 8.92. The molecule has 0 spiro atoms. The van der Waals surface area contributed by atoms with Crippen LogP contribution >= 0.6 is 11.6 Å². The zero-order chi connectivity index (χ0) is 25.9. The lowest BCUT2D eigenvalue weighted by atomic mass is 10.0. The van der Waals surface area contributed by atoms with Crippen LogP contribution in [0.3, 0.4) is 0 Å². The molecule has 0 saturated carbocycles. The summed E-state index contributed by atoms with van der Waals surface area (Å²) in [5.74, 6) is 0.807. The molecular formula is C30H34ClN3O3. The van der Waals surface area contributed by atoms with E-state index in [1.165, 1.54) is 0 Å². The van der Waals surface area contributed by atoms with Gasteiger partial charge in [-0.25, -0.2) is 0 Å². The number of aryl methyl sites for hydroxylation is 1. The van der Waals surface area contributed by atoms with Gasteiger partial charge in [-0.3, -0.25) is 14.5 Å². The summed E-state index contributed by atoms with van der Waals surface area (Å²) in [5, 5.41) is 6.55. The van der Waals surface area contributed by atoms with E-state index in [-0.39, 0.29) is 11.8 Å². The van der Waals surface area contributed by atoms with E-state index in [2.05, 4.69) is 33.7 Å².